The van der Waals surface area contributed by atoms with Gasteiger partial charge >= 0.3 is 0 Å². The van der Waals surface area contributed by atoms with Gasteiger partial charge in [0.05, 0.1) is 13.2 Å². The number of anilines is 3. The predicted molar refractivity (Wildman–Crippen MR) is 104 cm³/mol. The van der Waals surface area contributed by atoms with Gasteiger partial charge in [-0.3, -0.25) is 4.90 Å². The zero-order chi connectivity index (χ0) is 17.8. The lowest BCUT2D eigenvalue weighted by molar-refractivity contribution is 0.0398. The third kappa shape index (κ3) is 3.97. The van der Waals surface area contributed by atoms with E-state index in [9.17, 15) is 0 Å². The lowest BCUT2D eigenvalue weighted by Crippen LogP contribution is -2.39. The van der Waals surface area contributed by atoms with Crippen LogP contribution in [0.2, 0.25) is 0 Å². The van der Waals surface area contributed by atoms with Gasteiger partial charge in [0.1, 0.15) is 5.82 Å². The first kappa shape index (κ1) is 17.2. The van der Waals surface area contributed by atoms with E-state index in [-0.39, 0.29) is 0 Å². The second kappa shape index (κ2) is 8.01. The Hall–Kier alpha value is -2.18. The summed E-state index contributed by atoms with van der Waals surface area (Å²) in [6.07, 6.45) is 2.26. The minimum atomic E-state index is 0.797. The van der Waals surface area contributed by atoms with Crippen LogP contribution in [0.5, 0.6) is 0 Å². The Bertz CT molecular complexity index is 745. The van der Waals surface area contributed by atoms with Crippen LogP contribution in [0.4, 0.5) is 17.5 Å². The molecule has 2 aliphatic heterocycles. The second-order valence-electron chi connectivity index (χ2n) is 6.96. The van der Waals surface area contributed by atoms with Gasteiger partial charge in [0.15, 0.2) is 0 Å². The molecular formula is C20H27N5O. The van der Waals surface area contributed by atoms with Gasteiger partial charge in [0.2, 0.25) is 5.95 Å². The van der Waals surface area contributed by atoms with Crippen molar-refractivity contribution >= 4 is 17.5 Å². The molecule has 1 aromatic carbocycles. The van der Waals surface area contributed by atoms with Crippen LogP contribution >= 0.6 is 0 Å². The summed E-state index contributed by atoms with van der Waals surface area (Å²) in [7, 11) is 0. The average Bonchev–Trinajstić information content (AvgIpc) is 2.68. The van der Waals surface area contributed by atoms with Crippen molar-refractivity contribution in [2.75, 3.05) is 56.2 Å². The van der Waals surface area contributed by atoms with E-state index >= 15 is 0 Å². The van der Waals surface area contributed by atoms with Crippen molar-refractivity contribution < 1.29 is 4.74 Å². The van der Waals surface area contributed by atoms with Gasteiger partial charge in [-0.2, -0.15) is 4.98 Å². The smallest absolute Gasteiger partial charge is 0.232 e. The number of rotatable bonds is 5. The molecule has 0 unspecified atom stereocenters. The molecule has 0 spiro atoms. The molecule has 138 valence electrons. The molecule has 0 radical (unpaired) electrons. The van der Waals surface area contributed by atoms with Crippen LogP contribution in [0.15, 0.2) is 30.3 Å². The Balaban J connectivity index is 1.46. The molecule has 1 fully saturated rings. The Kier molecular flexibility index (Phi) is 5.32. The molecule has 2 aromatic rings. The van der Waals surface area contributed by atoms with Gasteiger partial charge in [-0.05, 0) is 31.4 Å². The van der Waals surface area contributed by atoms with E-state index in [1.165, 1.54) is 11.3 Å². The highest BCUT2D eigenvalue weighted by Crippen LogP contribution is 2.31. The minimum Gasteiger partial charge on any atom is -0.379 e. The van der Waals surface area contributed by atoms with Gasteiger partial charge in [-0.1, -0.05) is 18.2 Å². The van der Waals surface area contributed by atoms with Gasteiger partial charge < -0.3 is 15.0 Å². The van der Waals surface area contributed by atoms with Crippen LogP contribution in [0.25, 0.3) is 0 Å². The van der Waals surface area contributed by atoms with E-state index in [4.69, 9.17) is 14.7 Å². The SMILES string of the molecule is Cc1cc(NCCN2CCOCC2)nc(N2CCCc3ccccc32)n1. The number of hydrogen-bond donors (Lipinski definition) is 1. The quantitative estimate of drug-likeness (QED) is 0.892. The number of aryl methyl sites for hydroxylation is 2. The Morgan fingerprint density at radius 1 is 1.12 bits per heavy atom. The molecule has 1 aromatic heterocycles. The minimum absolute atomic E-state index is 0.797. The molecule has 1 saturated heterocycles. The second-order valence-corrected chi connectivity index (χ2v) is 6.96. The van der Waals surface area contributed by atoms with E-state index in [2.05, 4.69) is 39.4 Å². The predicted octanol–water partition coefficient (Wildman–Crippen LogP) is 2.61. The number of fused-ring (bicyclic) bond motifs is 1. The van der Waals surface area contributed by atoms with Crippen molar-refractivity contribution in [3.63, 3.8) is 0 Å². The molecule has 1 N–H and O–H groups in total. The molecule has 0 aliphatic carbocycles. The number of morpholine rings is 1. The van der Waals surface area contributed by atoms with Crippen LogP contribution in [-0.4, -0.2) is 60.8 Å². The van der Waals surface area contributed by atoms with Crippen LogP contribution < -0.4 is 10.2 Å². The van der Waals surface area contributed by atoms with E-state index in [1.54, 1.807) is 0 Å². The van der Waals surface area contributed by atoms with Crippen molar-refractivity contribution in [2.45, 2.75) is 19.8 Å². The van der Waals surface area contributed by atoms with E-state index < -0.39 is 0 Å². The molecule has 0 atom stereocenters. The first-order valence-electron chi connectivity index (χ1n) is 9.55. The largest absolute Gasteiger partial charge is 0.379 e. The molecular weight excluding hydrogens is 326 g/mol. The summed E-state index contributed by atoms with van der Waals surface area (Å²) in [4.78, 5) is 14.2. The van der Waals surface area contributed by atoms with Crippen LogP contribution in [0, 0.1) is 6.92 Å². The van der Waals surface area contributed by atoms with E-state index in [0.717, 1.165) is 76.2 Å². The van der Waals surface area contributed by atoms with Gasteiger partial charge in [0, 0.05) is 50.2 Å². The van der Waals surface area contributed by atoms with Crippen LogP contribution in [0.1, 0.15) is 17.7 Å². The zero-order valence-corrected chi connectivity index (χ0v) is 15.4. The number of para-hydroxylation sites is 1. The van der Waals surface area contributed by atoms with Crippen molar-refractivity contribution in [1.29, 1.82) is 0 Å². The maximum absolute atomic E-state index is 5.40. The highest BCUT2D eigenvalue weighted by atomic mass is 16.5. The van der Waals surface area contributed by atoms with Crippen LogP contribution in [0.3, 0.4) is 0 Å². The summed E-state index contributed by atoms with van der Waals surface area (Å²) >= 11 is 0. The first-order chi connectivity index (χ1) is 12.8. The number of aromatic nitrogens is 2. The van der Waals surface area contributed by atoms with Crippen molar-refractivity contribution in [2.24, 2.45) is 0 Å². The van der Waals surface area contributed by atoms with Crippen molar-refractivity contribution in [1.82, 2.24) is 14.9 Å². The van der Waals surface area contributed by atoms with Crippen LogP contribution in [-0.2, 0) is 11.2 Å². The fraction of sp³-hybridized carbons (Fsp3) is 0.500. The average molecular weight is 353 g/mol. The Morgan fingerprint density at radius 3 is 2.85 bits per heavy atom. The Morgan fingerprint density at radius 2 is 1.96 bits per heavy atom. The number of nitrogens with one attached hydrogen (secondary N) is 1. The Labute approximate surface area is 155 Å². The molecule has 0 saturated carbocycles. The highest BCUT2D eigenvalue weighted by Gasteiger charge is 2.20. The molecule has 26 heavy (non-hydrogen) atoms. The normalized spacial score (nSPS) is 17.8. The topological polar surface area (TPSA) is 53.5 Å². The molecule has 6 heteroatoms. The third-order valence-corrected chi connectivity index (χ3v) is 5.03. The lowest BCUT2D eigenvalue weighted by Gasteiger charge is -2.30. The number of ether oxygens (including phenoxy) is 1. The molecule has 3 heterocycles. The first-order valence-corrected chi connectivity index (χ1v) is 9.55. The summed E-state index contributed by atoms with van der Waals surface area (Å²) in [6, 6.07) is 10.6. The summed E-state index contributed by atoms with van der Waals surface area (Å²) < 4.78 is 5.40. The fourth-order valence-corrected chi connectivity index (χ4v) is 3.67. The molecule has 4 rings (SSSR count). The van der Waals surface area contributed by atoms with Gasteiger partial charge in [-0.15, -0.1) is 0 Å². The number of hydrogen-bond acceptors (Lipinski definition) is 6. The lowest BCUT2D eigenvalue weighted by atomic mass is 10.0. The number of nitrogens with zero attached hydrogens (tertiary/aromatic N) is 4. The number of benzene rings is 1. The maximum Gasteiger partial charge on any atom is 0.232 e. The van der Waals surface area contributed by atoms with E-state index in [1.807, 2.05) is 13.0 Å². The fourth-order valence-electron chi connectivity index (χ4n) is 3.67. The summed E-state index contributed by atoms with van der Waals surface area (Å²) in [6.45, 7) is 8.60. The molecule has 0 amide bonds. The summed E-state index contributed by atoms with van der Waals surface area (Å²) in [5, 5.41) is 3.48. The highest BCUT2D eigenvalue weighted by molar-refractivity contribution is 5.64. The summed E-state index contributed by atoms with van der Waals surface area (Å²) in [5.41, 5.74) is 3.61. The van der Waals surface area contributed by atoms with Crippen molar-refractivity contribution in [3.8, 4) is 0 Å². The summed E-state index contributed by atoms with van der Waals surface area (Å²) in [5.74, 6) is 1.70. The van der Waals surface area contributed by atoms with Crippen molar-refractivity contribution in [3.05, 3.63) is 41.6 Å². The van der Waals surface area contributed by atoms with E-state index in [0.29, 0.717) is 0 Å². The zero-order valence-electron chi connectivity index (χ0n) is 15.4. The van der Waals surface area contributed by atoms with Gasteiger partial charge in [-0.25, -0.2) is 4.98 Å². The molecule has 2 aliphatic rings. The standard InChI is InChI=1S/C20H27N5O/c1-16-15-19(21-8-10-24-11-13-26-14-12-24)23-20(22-16)25-9-4-6-17-5-2-3-7-18(17)25/h2-3,5,7,15H,4,6,8-14H2,1H3,(H,21,22,23). The molecule has 6 nitrogen and oxygen atoms in total. The van der Waals surface area contributed by atoms with Gasteiger partial charge in [0.25, 0.3) is 0 Å². The molecule has 0 bridgehead atoms. The monoisotopic (exact) mass is 353 g/mol. The third-order valence-electron chi connectivity index (χ3n) is 5.03. The maximum atomic E-state index is 5.40.